The molecule has 3 rings (SSSR count). The summed E-state index contributed by atoms with van der Waals surface area (Å²) in [5, 5.41) is 11.8. The number of benzene rings is 2. The number of nitrogens with one attached hydrogen (secondary N) is 1. The summed E-state index contributed by atoms with van der Waals surface area (Å²) in [6, 6.07) is 7.22. The fourth-order valence-corrected chi connectivity index (χ4v) is 4.88. The fraction of sp³-hybridized carbons (Fsp3) is 0.240. The number of nitriles is 1. The topological polar surface area (TPSA) is 126 Å². The van der Waals surface area contributed by atoms with Crippen molar-refractivity contribution in [3.05, 3.63) is 83.3 Å². The molecule has 0 aliphatic carbocycles. The Hall–Kier alpha value is -4.31. The molecule has 0 aromatic heterocycles. The minimum atomic E-state index is -4.69. The first-order chi connectivity index (χ1) is 17.8. The van der Waals surface area contributed by atoms with E-state index < -0.39 is 39.8 Å². The molecule has 0 spiro atoms. The second-order valence-electron chi connectivity index (χ2n) is 7.94. The third kappa shape index (κ3) is 5.81. The van der Waals surface area contributed by atoms with Gasteiger partial charge in [-0.2, -0.15) is 18.4 Å². The number of ether oxygens (including phenoxy) is 2. The van der Waals surface area contributed by atoms with Crippen molar-refractivity contribution < 1.29 is 40.7 Å². The van der Waals surface area contributed by atoms with Crippen molar-refractivity contribution in [2.75, 3.05) is 17.3 Å². The van der Waals surface area contributed by atoms with E-state index in [-0.39, 0.29) is 45.5 Å². The van der Waals surface area contributed by atoms with Crippen LogP contribution in [0.15, 0.2) is 71.5 Å². The third-order valence-electron chi connectivity index (χ3n) is 5.54. The van der Waals surface area contributed by atoms with Crippen molar-refractivity contribution in [3.8, 4) is 6.07 Å². The number of rotatable bonds is 7. The molecule has 38 heavy (non-hydrogen) atoms. The van der Waals surface area contributed by atoms with E-state index in [1.165, 1.54) is 38.1 Å². The quantitative estimate of drug-likeness (QED) is 0.371. The summed E-state index contributed by atoms with van der Waals surface area (Å²) in [4.78, 5) is 26.2. The Morgan fingerprint density at radius 1 is 1.26 bits per heavy atom. The van der Waals surface area contributed by atoms with E-state index >= 15 is 0 Å². The number of anilines is 1. The number of halogens is 3. The minimum absolute atomic E-state index is 0.0197. The summed E-state index contributed by atoms with van der Waals surface area (Å²) in [6.45, 7) is 5.89. The molecule has 1 heterocycles. The molecule has 200 valence electrons. The molecule has 1 aliphatic heterocycles. The van der Waals surface area contributed by atoms with E-state index in [9.17, 15) is 36.4 Å². The van der Waals surface area contributed by atoms with Crippen LogP contribution in [-0.2, 0) is 25.5 Å². The average molecular weight is 550 g/mol. The molecule has 0 fully saturated rings. The molecular weight excluding hydrogens is 527 g/mol. The number of hydrogen-bond acceptors (Lipinski definition) is 7. The molecule has 13 heteroatoms. The highest BCUT2D eigenvalue weighted by atomic mass is 32.2. The number of nitrogens with zero attached hydrogens (tertiary/aromatic N) is 2. The number of carbonyl (C=O) groups excluding carboxylic acids is 2. The molecule has 2 aromatic carbocycles. The van der Waals surface area contributed by atoms with Gasteiger partial charge in [0.15, 0.2) is 15.6 Å². The Kier molecular flexibility index (Phi) is 8.16. The van der Waals surface area contributed by atoms with Crippen molar-refractivity contribution in [1.82, 2.24) is 5.32 Å². The second kappa shape index (κ2) is 11.0. The smallest absolute Gasteiger partial charge is 0.430 e. The molecule has 1 unspecified atom stereocenters. The van der Waals surface area contributed by atoms with E-state index in [4.69, 9.17) is 9.47 Å². The Labute approximate surface area is 216 Å². The largest absolute Gasteiger partial charge is 0.513 e. The highest BCUT2D eigenvalue weighted by molar-refractivity contribution is 7.91. The van der Waals surface area contributed by atoms with Gasteiger partial charge in [0.2, 0.25) is 0 Å². The van der Waals surface area contributed by atoms with Gasteiger partial charge in [0.25, 0.3) is 0 Å². The summed E-state index contributed by atoms with van der Waals surface area (Å²) in [5.41, 5.74) is -1.29. The van der Waals surface area contributed by atoms with E-state index in [1.54, 1.807) is 0 Å². The van der Waals surface area contributed by atoms with Crippen LogP contribution in [0.1, 0.15) is 36.6 Å². The molecule has 2 aromatic rings. The lowest BCUT2D eigenvalue weighted by Gasteiger charge is -2.35. The maximum atomic E-state index is 13.3. The van der Waals surface area contributed by atoms with Crippen LogP contribution in [-0.4, -0.2) is 33.0 Å². The maximum Gasteiger partial charge on any atom is 0.513 e. The van der Waals surface area contributed by atoms with Gasteiger partial charge in [-0.1, -0.05) is 31.7 Å². The van der Waals surface area contributed by atoms with Crippen molar-refractivity contribution in [1.29, 1.82) is 5.26 Å². The zero-order valence-corrected chi connectivity index (χ0v) is 21.0. The lowest BCUT2D eigenvalue weighted by molar-refractivity contribution is -0.137. The van der Waals surface area contributed by atoms with Crippen LogP contribution in [0, 0.1) is 11.3 Å². The maximum absolute atomic E-state index is 13.3. The normalized spacial score (nSPS) is 15.9. The molecule has 0 radical (unpaired) electrons. The van der Waals surface area contributed by atoms with Gasteiger partial charge < -0.3 is 14.8 Å². The van der Waals surface area contributed by atoms with Gasteiger partial charge >= 0.3 is 18.4 Å². The van der Waals surface area contributed by atoms with Crippen LogP contribution in [0.25, 0.3) is 0 Å². The van der Waals surface area contributed by atoms with Crippen molar-refractivity contribution in [2.45, 2.75) is 31.0 Å². The number of alkyl halides is 3. The van der Waals surface area contributed by atoms with E-state index in [1.807, 2.05) is 6.07 Å². The SMILES string of the molecule is C=CCOC(=O)OC1=C(C)N(c2cccc(C(F)(F)F)c2)C(=O)NC1c1ccc(C#N)cc1S(=O)(=O)CC. The minimum Gasteiger partial charge on any atom is -0.430 e. The molecular formula is C25H22F3N3O6S. The number of hydrogen-bond donors (Lipinski definition) is 1. The number of sulfone groups is 1. The number of carbonyl (C=O) groups is 2. The highest BCUT2D eigenvalue weighted by Gasteiger charge is 2.39. The van der Waals surface area contributed by atoms with Crippen LogP contribution in [0.3, 0.4) is 0 Å². The molecule has 1 N–H and O–H groups in total. The lowest BCUT2D eigenvalue weighted by Crippen LogP contribution is -2.47. The Bertz CT molecular complexity index is 1460. The van der Waals surface area contributed by atoms with E-state index in [0.717, 1.165) is 29.2 Å². The van der Waals surface area contributed by atoms with Gasteiger partial charge in [-0.3, -0.25) is 4.90 Å². The van der Waals surface area contributed by atoms with Gasteiger partial charge in [-0.05, 0) is 37.3 Å². The molecule has 0 bridgehead atoms. The first-order valence-electron chi connectivity index (χ1n) is 11.0. The summed E-state index contributed by atoms with van der Waals surface area (Å²) in [6.07, 6.45) is -4.65. The summed E-state index contributed by atoms with van der Waals surface area (Å²) < 4.78 is 76.0. The van der Waals surface area contributed by atoms with Crippen molar-refractivity contribution in [3.63, 3.8) is 0 Å². The predicted octanol–water partition coefficient (Wildman–Crippen LogP) is 5.21. The average Bonchev–Trinajstić information content (AvgIpc) is 2.88. The van der Waals surface area contributed by atoms with E-state index in [2.05, 4.69) is 11.9 Å². The summed E-state index contributed by atoms with van der Waals surface area (Å²) in [5.74, 6) is -0.639. The summed E-state index contributed by atoms with van der Waals surface area (Å²) in [7, 11) is -3.95. The first kappa shape index (κ1) is 28.3. The van der Waals surface area contributed by atoms with Gasteiger partial charge in [-0.15, -0.1) is 0 Å². The van der Waals surface area contributed by atoms with Gasteiger partial charge in [0, 0.05) is 5.56 Å². The number of urea groups is 1. The zero-order valence-electron chi connectivity index (χ0n) is 20.2. The summed E-state index contributed by atoms with van der Waals surface area (Å²) >= 11 is 0. The van der Waals surface area contributed by atoms with Crippen LogP contribution in [0.2, 0.25) is 0 Å². The van der Waals surface area contributed by atoms with Crippen LogP contribution in [0.4, 0.5) is 28.4 Å². The number of allylic oxidation sites excluding steroid dienone is 1. The monoisotopic (exact) mass is 549 g/mol. The fourth-order valence-electron chi connectivity index (χ4n) is 3.72. The second-order valence-corrected chi connectivity index (χ2v) is 10.2. The predicted molar refractivity (Wildman–Crippen MR) is 129 cm³/mol. The van der Waals surface area contributed by atoms with Crippen LogP contribution >= 0.6 is 0 Å². The zero-order chi connectivity index (χ0) is 28.3. The molecule has 9 nitrogen and oxygen atoms in total. The lowest BCUT2D eigenvalue weighted by atomic mass is 10.00. The molecule has 0 saturated heterocycles. The molecule has 1 aliphatic rings. The standard InChI is InChI=1S/C25H22F3N3O6S/c1-4-11-36-24(33)37-22-15(3)31(18-8-6-7-17(13-18)25(26,27)28)23(32)30-21(22)19-10-9-16(14-29)12-20(19)38(34,35)5-2/h4,6-10,12-13,21H,1,5,11H2,2-3H3,(H,30,32). The Balaban J connectivity index is 2.24. The van der Waals surface area contributed by atoms with Crippen molar-refractivity contribution in [2.24, 2.45) is 0 Å². The van der Waals surface area contributed by atoms with Gasteiger partial charge in [-0.25, -0.2) is 18.0 Å². The molecule has 0 saturated carbocycles. The first-order valence-corrected chi connectivity index (χ1v) is 12.7. The third-order valence-corrected chi connectivity index (χ3v) is 7.32. The molecule has 1 atom stereocenters. The van der Waals surface area contributed by atoms with Crippen LogP contribution in [0.5, 0.6) is 0 Å². The van der Waals surface area contributed by atoms with Crippen LogP contribution < -0.4 is 10.2 Å². The number of amides is 2. The highest BCUT2D eigenvalue weighted by Crippen LogP contribution is 2.39. The molecule has 2 amide bonds. The Morgan fingerprint density at radius 2 is 1.97 bits per heavy atom. The Morgan fingerprint density at radius 3 is 2.58 bits per heavy atom. The van der Waals surface area contributed by atoms with Crippen molar-refractivity contribution >= 4 is 27.7 Å². The van der Waals surface area contributed by atoms with E-state index in [0.29, 0.717) is 0 Å². The van der Waals surface area contributed by atoms with Gasteiger partial charge in [0.05, 0.1) is 39.2 Å². The van der Waals surface area contributed by atoms with Gasteiger partial charge in [0.1, 0.15) is 12.6 Å².